The molecule has 1 rings (SSSR count). The molecule has 0 aliphatic rings. The number of hydrogen-bond acceptors (Lipinski definition) is 3. The van der Waals surface area contributed by atoms with Crippen LogP contribution >= 0.6 is 0 Å². The monoisotopic (exact) mass is 660 g/mol. The number of quaternary nitrogens is 1. The fourth-order valence-electron chi connectivity index (χ4n) is 6.98. The number of hydrogen-bond donors (Lipinski definition) is 2. The zero-order chi connectivity index (χ0) is 34.1. The molecule has 1 aromatic heterocycles. The first-order valence-electron chi connectivity index (χ1n) is 20.8. The minimum Gasteiger partial charge on any atom is -0.450 e. The van der Waals surface area contributed by atoms with Crippen molar-refractivity contribution in [2.75, 3.05) is 33.2 Å². The second-order valence-corrected chi connectivity index (χ2v) is 15.1. The van der Waals surface area contributed by atoms with Gasteiger partial charge in [0, 0.05) is 0 Å². The van der Waals surface area contributed by atoms with Crippen molar-refractivity contribution in [3.05, 3.63) is 18.2 Å². The minimum atomic E-state index is -0.568. The standard InChI is InChI=1S/C41H81N5O/c1-4-6-8-10-12-14-16-18-20-22-24-26-28-30-33-46(3,35-32-44-41(47)40(42)36-39-37-43-38-45-39)34-31-29-27-25-23-21-19-17-15-13-11-9-7-5-2/h37-38,40H,4-36,42H2,1-3H3,(H-,43,44,45,47). The zero-order valence-electron chi connectivity index (χ0n) is 31.9. The number of amides is 1. The molecule has 1 amide bonds. The van der Waals surface area contributed by atoms with E-state index >= 15 is 0 Å². The van der Waals surface area contributed by atoms with Gasteiger partial charge in [-0.15, -0.1) is 0 Å². The third-order valence-corrected chi connectivity index (χ3v) is 10.3. The third-order valence-electron chi connectivity index (χ3n) is 10.3. The van der Waals surface area contributed by atoms with Crippen molar-refractivity contribution >= 4 is 5.91 Å². The zero-order valence-corrected chi connectivity index (χ0v) is 31.9. The van der Waals surface area contributed by atoms with Crippen LogP contribution in [0.15, 0.2) is 12.5 Å². The van der Waals surface area contributed by atoms with Crippen molar-refractivity contribution in [2.45, 2.75) is 206 Å². The quantitative estimate of drug-likeness (QED) is 0.0555. The molecule has 0 saturated heterocycles. The van der Waals surface area contributed by atoms with Crippen LogP contribution in [0.3, 0.4) is 0 Å². The summed E-state index contributed by atoms with van der Waals surface area (Å²) in [6, 6.07) is -0.568. The fourth-order valence-corrected chi connectivity index (χ4v) is 6.98. The minimum absolute atomic E-state index is 0.0764. The van der Waals surface area contributed by atoms with Crippen molar-refractivity contribution in [1.82, 2.24) is 15.3 Å². The summed E-state index contributed by atoms with van der Waals surface area (Å²) in [5.74, 6) is -0.0764. The maximum absolute atomic E-state index is 12.7. The molecular weight excluding hydrogens is 578 g/mol. The second-order valence-electron chi connectivity index (χ2n) is 15.1. The van der Waals surface area contributed by atoms with Crippen LogP contribution in [0.2, 0.25) is 0 Å². The molecule has 0 aliphatic carbocycles. The molecule has 3 N–H and O–H groups in total. The molecule has 47 heavy (non-hydrogen) atoms. The van der Waals surface area contributed by atoms with E-state index in [4.69, 9.17) is 5.73 Å². The van der Waals surface area contributed by atoms with Gasteiger partial charge in [0.1, 0.15) is 0 Å². The normalized spacial score (nSPS) is 12.5. The topological polar surface area (TPSA) is 82.1 Å². The Morgan fingerprint density at radius 2 is 1.00 bits per heavy atom. The predicted molar refractivity (Wildman–Crippen MR) is 204 cm³/mol. The van der Waals surface area contributed by atoms with E-state index in [9.17, 15) is 4.79 Å². The molecule has 0 bridgehead atoms. The van der Waals surface area contributed by atoms with Crippen LogP contribution in [0, 0.1) is 0 Å². The van der Waals surface area contributed by atoms with E-state index in [-0.39, 0.29) is 5.91 Å². The highest BCUT2D eigenvalue weighted by Crippen LogP contribution is 2.17. The van der Waals surface area contributed by atoms with Gasteiger partial charge in [-0.05, 0) is 32.1 Å². The Morgan fingerprint density at radius 3 is 1.34 bits per heavy atom. The van der Waals surface area contributed by atoms with Crippen LogP contribution in [-0.2, 0) is 11.2 Å². The summed E-state index contributed by atoms with van der Waals surface area (Å²) < 4.78 is 1.06. The molecule has 6 nitrogen and oxygen atoms in total. The number of aromatic nitrogens is 2. The van der Waals surface area contributed by atoms with Crippen molar-refractivity contribution in [2.24, 2.45) is 5.73 Å². The molecule has 0 saturated carbocycles. The van der Waals surface area contributed by atoms with Gasteiger partial charge in [-0.25, -0.2) is 0 Å². The van der Waals surface area contributed by atoms with Crippen molar-refractivity contribution in [3.63, 3.8) is 0 Å². The summed E-state index contributed by atoms with van der Waals surface area (Å²) in [6.07, 6.45) is 42.8. The van der Waals surface area contributed by atoms with Crippen LogP contribution in [0.4, 0.5) is 0 Å². The highest BCUT2D eigenvalue weighted by molar-refractivity contribution is 5.81. The Balaban J connectivity index is 2.24. The average Bonchev–Trinajstić information content (AvgIpc) is 3.58. The fraction of sp³-hybridized carbons (Fsp3) is 0.902. The molecule has 276 valence electrons. The molecular formula is C41H81N5O. The molecule has 0 spiro atoms. The lowest BCUT2D eigenvalue weighted by molar-refractivity contribution is -0.908. The Kier molecular flexibility index (Phi) is 29.6. The van der Waals surface area contributed by atoms with Crippen molar-refractivity contribution in [3.8, 4) is 0 Å². The summed E-state index contributed by atoms with van der Waals surface area (Å²) >= 11 is 0. The smallest absolute Gasteiger partial charge is 0.237 e. The third kappa shape index (κ3) is 27.1. The predicted octanol–water partition coefficient (Wildman–Crippen LogP) is 10.4. The highest BCUT2D eigenvalue weighted by Gasteiger charge is 2.22. The summed E-state index contributed by atoms with van der Waals surface area (Å²) in [4.78, 5) is 20.8. The highest BCUT2D eigenvalue weighted by atomic mass is 16.2. The Hall–Kier alpha value is -1.40. The van der Waals surface area contributed by atoms with E-state index in [1.54, 1.807) is 6.20 Å². The maximum Gasteiger partial charge on any atom is 0.237 e. The molecule has 0 aliphatic heterocycles. The molecule has 0 fully saturated rings. The first-order valence-corrected chi connectivity index (χ1v) is 20.8. The first-order chi connectivity index (χ1) is 23.0. The Bertz CT molecular complexity index is 751. The lowest BCUT2D eigenvalue weighted by Gasteiger charge is -2.35. The van der Waals surface area contributed by atoms with Crippen LogP contribution in [0.1, 0.15) is 199 Å². The number of carbonyl (C=O) groups excluding carboxylic acids is 1. The molecule has 6 heteroatoms. The molecule has 1 aromatic rings. The second kappa shape index (κ2) is 31.8. The van der Waals surface area contributed by atoms with E-state index in [1.807, 2.05) is 0 Å². The average molecular weight is 660 g/mol. The van der Waals surface area contributed by atoms with Gasteiger partial charge in [0.15, 0.2) is 0 Å². The van der Waals surface area contributed by atoms with Gasteiger partial charge >= 0.3 is 0 Å². The molecule has 0 radical (unpaired) electrons. The number of nitrogens with zero attached hydrogens (tertiary/aromatic N) is 3. The van der Waals surface area contributed by atoms with Crippen LogP contribution < -0.4 is 16.0 Å². The van der Waals surface area contributed by atoms with E-state index in [0.29, 0.717) is 13.0 Å². The van der Waals surface area contributed by atoms with Crippen LogP contribution in [-0.4, -0.2) is 54.6 Å². The summed E-state index contributed by atoms with van der Waals surface area (Å²) in [5.41, 5.74) is 6.94. The van der Waals surface area contributed by atoms with Crippen LogP contribution in [0.5, 0.6) is 0 Å². The van der Waals surface area contributed by atoms with E-state index < -0.39 is 6.04 Å². The largest absolute Gasteiger partial charge is 0.450 e. The number of likely N-dealkylation sites (N-methyl/N-ethyl adjacent to an activating group) is 1. The number of rotatable bonds is 36. The summed E-state index contributed by atoms with van der Waals surface area (Å²) in [7, 11) is 2.41. The van der Waals surface area contributed by atoms with Crippen LogP contribution in [0.25, 0.3) is 0 Å². The van der Waals surface area contributed by atoms with Crippen molar-refractivity contribution < 1.29 is 9.28 Å². The maximum atomic E-state index is 12.7. The number of nitrogens with two attached hydrogens (primary N) is 1. The molecule has 1 unspecified atom stereocenters. The Labute approximate surface area is 293 Å². The van der Waals surface area contributed by atoms with Gasteiger partial charge in [0.05, 0.1) is 39.3 Å². The SMILES string of the molecule is CCCCCCCCCCCCCCCC[N+](C)(CCCCCCCCCCCCCCCC)CCNC(=O)C(N)Cc1c[n-]cn1. The molecule has 0 aromatic carbocycles. The van der Waals surface area contributed by atoms with E-state index in [0.717, 1.165) is 16.7 Å². The van der Waals surface area contributed by atoms with Gasteiger partial charge in [0.25, 0.3) is 0 Å². The lowest BCUT2D eigenvalue weighted by Crippen LogP contribution is -2.51. The van der Waals surface area contributed by atoms with Gasteiger partial charge in [-0.1, -0.05) is 186 Å². The van der Waals surface area contributed by atoms with Gasteiger partial charge in [-0.3, -0.25) is 4.79 Å². The summed E-state index contributed by atoms with van der Waals surface area (Å²) in [6.45, 7) is 8.68. The first kappa shape index (κ1) is 43.6. The number of nitrogens with one attached hydrogen (secondary N) is 1. The van der Waals surface area contributed by atoms with E-state index in [2.05, 4.69) is 36.2 Å². The van der Waals surface area contributed by atoms with Gasteiger partial charge in [0.2, 0.25) is 5.91 Å². The van der Waals surface area contributed by atoms with Gasteiger partial charge in [-0.2, -0.15) is 0 Å². The molecule has 1 heterocycles. The lowest BCUT2D eigenvalue weighted by atomic mass is 10.0. The van der Waals surface area contributed by atoms with E-state index in [1.165, 1.54) is 199 Å². The number of unbranched alkanes of at least 4 members (excludes halogenated alkanes) is 26. The number of carbonyl (C=O) groups is 1. The molecule has 1 atom stereocenters. The number of imidazole rings is 1. The van der Waals surface area contributed by atoms with Gasteiger partial charge < -0.3 is 25.5 Å². The Morgan fingerprint density at radius 1 is 0.638 bits per heavy atom. The van der Waals surface area contributed by atoms with Crippen molar-refractivity contribution in [1.29, 1.82) is 0 Å². The summed E-state index contributed by atoms with van der Waals surface area (Å²) in [5, 5.41) is 3.13.